The molecule has 1 unspecified atom stereocenters. The fraction of sp³-hybridized carbons (Fsp3) is 0.143. The van der Waals surface area contributed by atoms with Crippen LogP contribution in [0.5, 0.6) is 5.75 Å². The lowest BCUT2D eigenvalue weighted by Crippen LogP contribution is -2.15. The first kappa shape index (κ1) is 21.7. The highest BCUT2D eigenvalue weighted by Gasteiger charge is 2.35. The van der Waals surface area contributed by atoms with Gasteiger partial charge in [0.15, 0.2) is 0 Å². The van der Waals surface area contributed by atoms with Crippen molar-refractivity contribution >= 4 is 47.2 Å². The van der Waals surface area contributed by atoms with E-state index >= 15 is 0 Å². The highest BCUT2D eigenvalue weighted by molar-refractivity contribution is 7.92. The minimum Gasteiger partial charge on any atom is -0.276 e. The van der Waals surface area contributed by atoms with Gasteiger partial charge in [-0.25, -0.2) is 12.9 Å². The van der Waals surface area contributed by atoms with Crippen molar-refractivity contribution in [1.82, 2.24) is 0 Å². The highest BCUT2D eigenvalue weighted by atomic mass is 35.5. The van der Waals surface area contributed by atoms with E-state index < -0.39 is 39.9 Å². The van der Waals surface area contributed by atoms with Gasteiger partial charge in [0.25, 0.3) is 10.0 Å². The lowest BCUT2D eigenvalue weighted by atomic mass is 10.2. The first-order chi connectivity index (χ1) is 12.4. The third-order valence-electron chi connectivity index (χ3n) is 3.06. The molecule has 0 spiro atoms. The van der Waals surface area contributed by atoms with Crippen LogP contribution in [0, 0.1) is 0 Å². The molecule has 0 fully saturated rings. The van der Waals surface area contributed by atoms with Crippen LogP contribution in [-0.4, -0.2) is 15.5 Å². The van der Waals surface area contributed by atoms with E-state index in [1.807, 2.05) is 4.72 Å². The van der Waals surface area contributed by atoms with E-state index in [1.54, 1.807) is 0 Å². The van der Waals surface area contributed by atoms with Crippen molar-refractivity contribution in [2.45, 2.75) is 11.1 Å². The summed E-state index contributed by atoms with van der Waals surface area (Å²) in [4.78, 5) is -0.693. The minimum atomic E-state index is -4.84. The van der Waals surface area contributed by atoms with Crippen molar-refractivity contribution in [2.24, 2.45) is 0 Å². The fourth-order valence-corrected chi connectivity index (χ4v) is 3.75. The van der Waals surface area contributed by atoms with Gasteiger partial charge in [0.05, 0.1) is 28.3 Å². The van der Waals surface area contributed by atoms with Crippen LogP contribution >= 0.6 is 31.5 Å². The highest BCUT2D eigenvalue weighted by Crippen LogP contribution is 2.38. The second-order valence-electron chi connectivity index (χ2n) is 4.88. The standard InChI is InChI=1S/C14H10Cl2F3NO5PS/c1-24-26(21)25-13-5-2-8(15)6-12(13)20-27(22,23)9-3-4-11(16)10(7-9)14(17,18)19/h2-7,20H,1H3/q+1. The molecule has 2 aromatic rings. The Morgan fingerprint density at radius 2 is 1.78 bits per heavy atom. The molecule has 0 aliphatic heterocycles. The molecule has 146 valence electrons. The Bertz CT molecular complexity index is 985. The van der Waals surface area contributed by atoms with Gasteiger partial charge in [-0.2, -0.15) is 13.2 Å². The number of sulfonamides is 1. The number of halogens is 5. The zero-order chi connectivity index (χ0) is 20.4. The number of anilines is 1. The average molecular weight is 463 g/mol. The summed E-state index contributed by atoms with van der Waals surface area (Å²) in [5, 5.41) is -0.551. The van der Waals surface area contributed by atoms with Crippen LogP contribution in [-0.2, 0) is 25.3 Å². The second-order valence-corrected chi connectivity index (χ2v) is 8.40. The molecule has 1 atom stereocenters. The van der Waals surface area contributed by atoms with Crippen LogP contribution in [0.15, 0.2) is 41.3 Å². The summed E-state index contributed by atoms with van der Waals surface area (Å²) in [6, 6.07) is 5.79. The largest absolute Gasteiger partial charge is 0.749 e. The monoisotopic (exact) mass is 462 g/mol. The average Bonchev–Trinajstić information content (AvgIpc) is 2.56. The summed E-state index contributed by atoms with van der Waals surface area (Å²) < 4.78 is 86.7. The zero-order valence-electron chi connectivity index (χ0n) is 13.3. The molecule has 0 saturated carbocycles. The molecule has 0 aliphatic carbocycles. The maximum atomic E-state index is 13.0. The van der Waals surface area contributed by atoms with E-state index in [-0.39, 0.29) is 16.5 Å². The van der Waals surface area contributed by atoms with Gasteiger partial charge in [0, 0.05) is 9.59 Å². The molecule has 6 nitrogen and oxygen atoms in total. The Balaban J connectivity index is 2.45. The smallest absolute Gasteiger partial charge is 0.276 e. The first-order valence-electron chi connectivity index (χ1n) is 6.82. The van der Waals surface area contributed by atoms with Crippen LogP contribution in [0.2, 0.25) is 10.0 Å². The lowest BCUT2D eigenvalue weighted by molar-refractivity contribution is -0.137. The number of hydrogen-bond donors (Lipinski definition) is 1. The molecule has 0 aliphatic rings. The molecule has 0 heterocycles. The van der Waals surface area contributed by atoms with Crippen molar-refractivity contribution in [1.29, 1.82) is 0 Å². The predicted molar refractivity (Wildman–Crippen MR) is 94.0 cm³/mol. The van der Waals surface area contributed by atoms with Crippen molar-refractivity contribution < 1.29 is 35.2 Å². The Hall–Kier alpha value is -1.58. The predicted octanol–water partition coefficient (Wildman–Crippen LogP) is 5.50. The van der Waals surface area contributed by atoms with E-state index in [1.165, 1.54) is 12.1 Å². The minimum absolute atomic E-state index is 0.0970. The van der Waals surface area contributed by atoms with Gasteiger partial charge in [-0.3, -0.25) is 4.72 Å². The van der Waals surface area contributed by atoms with Gasteiger partial charge in [0.2, 0.25) is 5.75 Å². The topological polar surface area (TPSA) is 81.7 Å². The van der Waals surface area contributed by atoms with Crippen molar-refractivity contribution in [3.8, 4) is 5.75 Å². The lowest BCUT2D eigenvalue weighted by Gasteiger charge is -2.13. The molecule has 0 bridgehead atoms. The van der Waals surface area contributed by atoms with E-state index in [0.717, 1.165) is 25.3 Å². The van der Waals surface area contributed by atoms with E-state index in [4.69, 9.17) is 27.7 Å². The molecular weight excluding hydrogens is 453 g/mol. The third kappa shape index (κ3) is 5.46. The summed E-state index contributed by atoms with van der Waals surface area (Å²) in [5.41, 5.74) is -1.55. The molecule has 0 saturated heterocycles. The van der Waals surface area contributed by atoms with E-state index in [2.05, 4.69) is 4.52 Å². The number of benzene rings is 2. The summed E-state index contributed by atoms with van der Waals surface area (Å²) in [5.74, 6) is -0.198. The fourth-order valence-electron chi connectivity index (χ4n) is 1.87. The second kappa shape index (κ2) is 8.20. The Labute approximate surface area is 163 Å². The summed E-state index contributed by atoms with van der Waals surface area (Å²) >= 11 is 11.3. The number of hydrogen-bond acceptors (Lipinski definition) is 5. The van der Waals surface area contributed by atoms with Crippen LogP contribution < -0.4 is 9.25 Å². The molecule has 0 aromatic heterocycles. The summed E-state index contributed by atoms with van der Waals surface area (Å²) in [6.07, 6.45) is -4.84. The van der Waals surface area contributed by atoms with E-state index in [9.17, 15) is 26.2 Å². The molecule has 2 rings (SSSR count). The van der Waals surface area contributed by atoms with Crippen LogP contribution in [0.4, 0.5) is 18.9 Å². The van der Waals surface area contributed by atoms with Crippen LogP contribution in [0.25, 0.3) is 0 Å². The Morgan fingerprint density at radius 1 is 1.11 bits per heavy atom. The van der Waals surface area contributed by atoms with Crippen molar-refractivity contribution in [3.63, 3.8) is 0 Å². The van der Waals surface area contributed by atoms with Crippen LogP contribution in [0.3, 0.4) is 0 Å². The zero-order valence-corrected chi connectivity index (χ0v) is 16.5. The van der Waals surface area contributed by atoms with Gasteiger partial charge < -0.3 is 0 Å². The maximum absolute atomic E-state index is 13.0. The summed E-state index contributed by atoms with van der Waals surface area (Å²) in [7, 11) is -5.97. The normalized spacial score (nSPS) is 12.6. The number of rotatable bonds is 6. The number of alkyl halides is 3. The van der Waals surface area contributed by atoms with Gasteiger partial charge >= 0.3 is 14.4 Å². The first-order valence-corrected chi connectivity index (χ1v) is 10.2. The molecule has 0 radical (unpaired) electrons. The molecule has 0 amide bonds. The van der Waals surface area contributed by atoms with Gasteiger partial charge in [-0.15, -0.1) is 4.52 Å². The van der Waals surface area contributed by atoms with E-state index in [0.29, 0.717) is 6.07 Å². The van der Waals surface area contributed by atoms with Crippen molar-refractivity contribution in [2.75, 3.05) is 11.8 Å². The quantitative estimate of drug-likeness (QED) is 0.573. The van der Waals surface area contributed by atoms with Gasteiger partial charge in [-0.1, -0.05) is 23.2 Å². The Morgan fingerprint density at radius 3 is 2.37 bits per heavy atom. The van der Waals surface area contributed by atoms with Gasteiger partial charge in [0.1, 0.15) is 0 Å². The van der Waals surface area contributed by atoms with Crippen LogP contribution in [0.1, 0.15) is 5.56 Å². The van der Waals surface area contributed by atoms with Gasteiger partial charge in [-0.05, 0) is 36.4 Å². The molecular formula is C14H10Cl2F3NO5PS+. The maximum Gasteiger partial charge on any atom is 0.749 e. The third-order valence-corrected chi connectivity index (χ3v) is 5.63. The SMILES string of the molecule is CO[P+](=O)Oc1ccc(Cl)cc1NS(=O)(=O)c1ccc(Cl)c(C(F)(F)F)c1. The number of nitrogens with one attached hydrogen (secondary N) is 1. The molecule has 27 heavy (non-hydrogen) atoms. The van der Waals surface area contributed by atoms with Crippen molar-refractivity contribution in [3.05, 3.63) is 52.0 Å². The molecule has 13 heteroatoms. The summed E-state index contributed by atoms with van der Waals surface area (Å²) in [6.45, 7) is 0. The molecule has 2 aromatic carbocycles. The Kier molecular flexibility index (Phi) is 6.59. The molecule has 1 N–H and O–H groups in total.